The summed E-state index contributed by atoms with van der Waals surface area (Å²) in [6.07, 6.45) is 5.60. The molecule has 0 nitrogen and oxygen atoms in total. The molecule has 0 radical (unpaired) electrons. The predicted octanol–water partition coefficient (Wildman–Crippen LogP) is 2.83. The topological polar surface area (TPSA) is 0 Å². The summed E-state index contributed by atoms with van der Waals surface area (Å²) < 4.78 is 0. The molecule has 0 rings (SSSR count). The molecule has 0 aromatic heterocycles. The van der Waals surface area contributed by atoms with E-state index in [1.807, 2.05) is 0 Å². The molecule has 0 aromatic rings. The third-order valence-electron chi connectivity index (χ3n) is 1.23. The van der Waals surface area contributed by atoms with Crippen molar-refractivity contribution in [3.05, 3.63) is 11.6 Å². The monoisotopic (exact) mass is 192 g/mol. The van der Waals surface area contributed by atoms with Gasteiger partial charge in [-0.15, -0.1) is 0 Å². The van der Waals surface area contributed by atoms with E-state index in [1.54, 1.807) is 0 Å². The Hall–Kier alpha value is 0.259. The second kappa shape index (κ2) is 8.26. The SMILES string of the molecule is C=C[Se]CCCCCC. The molecule has 0 aliphatic rings. The standard InChI is InChI=1S/C8H16Se/c1-3-5-6-7-8-9-4-2/h4H,2-3,5-8H2,1H3. The summed E-state index contributed by atoms with van der Waals surface area (Å²) in [5.41, 5.74) is 0. The van der Waals surface area contributed by atoms with Crippen molar-refractivity contribution in [3.8, 4) is 0 Å². The predicted molar refractivity (Wildman–Crippen MR) is 44.9 cm³/mol. The van der Waals surface area contributed by atoms with Crippen LogP contribution in [0, 0.1) is 0 Å². The van der Waals surface area contributed by atoms with Crippen LogP contribution in [0.5, 0.6) is 0 Å². The Labute approximate surface area is 64.9 Å². The van der Waals surface area contributed by atoms with Gasteiger partial charge in [-0.2, -0.15) is 0 Å². The van der Waals surface area contributed by atoms with Gasteiger partial charge in [0.2, 0.25) is 0 Å². The normalized spacial score (nSPS) is 9.44. The molecule has 54 valence electrons. The van der Waals surface area contributed by atoms with Gasteiger partial charge < -0.3 is 0 Å². The Morgan fingerprint density at radius 2 is 2.11 bits per heavy atom. The number of unbranched alkanes of at least 4 members (excludes halogenated alkanes) is 3. The molecule has 0 aliphatic heterocycles. The van der Waals surface area contributed by atoms with Crippen molar-refractivity contribution in [2.24, 2.45) is 0 Å². The Morgan fingerprint density at radius 3 is 2.67 bits per heavy atom. The van der Waals surface area contributed by atoms with Crippen LogP contribution in [0.2, 0.25) is 5.32 Å². The second-order valence-corrected chi connectivity index (χ2v) is 4.35. The first-order valence-electron chi connectivity index (χ1n) is 3.64. The van der Waals surface area contributed by atoms with Gasteiger partial charge in [-0.05, 0) is 0 Å². The summed E-state index contributed by atoms with van der Waals surface area (Å²) >= 11 is 0.730. The molecule has 0 spiro atoms. The van der Waals surface area contributed by atoms with Gasteiger partial charge in [-0.3, -0.25) is 0 Å². The van der Waals surface area contributed by atoms with E-state index < -0.39 is 0 Å². The molecule has 0 saturated carbocycles. The molecule has 1 heteroatoms. The molecule has 0 aliphatic carbocycles. The summed E-state index contributed by atoms with van der Waals surface area (Å²) in [5.74, 6) is 0. The number of hydrogen-bond donors (Lipinski definition) is 0. The summed E-state index contributed by atoms with van der Waals surface area (Å²) in [6, 6.07) is 0. The van der Waals surface area contributed by atoms with Crippen LogP contribution in [-0.4, -0.2) is 15.0 Å². The van der Waals surface area contributed by atoms with Crippen molar-refractivity contribution >= 4 is 15.0 Å². The average Bonchev–Trinajstić information content (AvgIpc) is 1.89. The summed E-state index contributed by atoms with van der Waals surface area (Å²) in [4.78, 5) is 2.07. The fourth-order valence-corrected chi connectivity index (χ4v) is 1.82. The first-order valence-corrected chi connectivity index (χ1v) is 5.84. The first-order chi connectivity index (χ1) is 4.41. The van der Waals surface area contributed by atoms with Crippen LogP contribution >= 0.6 is 0 Å². The molecular formula is C8H16Se. The molecule has 0 saturated heterocycles. The minimum absolute atomic E-state index is 0.730. The Balaban J connectivity index is 2.66. The van der Waals surface area contributed by atoms with Crippen LogP contribution < -0.4 is 0 Å². The van der Waals surface area contributed by atoms with E-state index in [-0.39, 0.29) is 0 Å². The van der Waals surface area contributed by atoms with Crippen molar-refractivity contribution in [3.63, 3.8) is 0 Å². The van der Waals surface area contributed by atoms with Crippen LogP contribution in [0.25, 0.3) is 0 Å². The maximum absolute atomic E-state index is 3.71. The quantitative estimate of drug-likeness (QED) is 0.447. The maximum atomic E-state index is 3.71. The number of hydrogen-bond acceptors (Lipinski definition) is 0. The average molecular weight is 191 g/mol. The van der Waals surface area contributed by atoms with Crippen LogP contribution in [0.1, 0.15) is 32.6 Å². The van der Waals surface area contributed by atoms with Crippen LogP contribution in [0.4, 0.5) is 0 Å². The van der Waals surface area contributed by atoms with Gasteiger partial charge in [0.15, 0.2) is 0 Å². The van der Waals surface area contributed by atoms with Gasteiger partial charge in [0.25, 0.3) is 0 Å². The molecule has 0 bridgehead atoms. The Bertz CT molecular complexity index is 59.6. The molecule has 0 heterocycles. The van der Waals surface area contributed by atoms with Crippen LogP contribution in [0.3, 0.4) is 0 Å². The molecule has 0 aromatic carbocycles. The summed E-state index contributed by atoms with van der Waals surface area (Å²) in [7, 11) is 0. The van der Waals surface area contributed by atoms with E-state index in [2.05, 4.69) is 18.5 Å². The van der Waals surface area contributed by atoms with Crippen molar-refractivity contribution in [2.75, 3.05) is 0 Å². The Kier molecular flexibility index (Phi) is 8.50. The van der Waals surface area contributed by atoms with Gasteiger partial charge in [0.1, 0.15) is 0 Å². The number of rotatable bonds is 6. The zero-order valence-corrected chi connectivity index (χ0v) is 7.94. The van der Waals surface area contributed by atoms with E-state index in [1.165, 1.54) is 31.0 Å². The fraction of sp³-hybridized carbons (Fsp3) is 0.750. The molecule has 0 atom stereocenters. The molecule has 0 fully saturated rings. The summed E-state index contributed by atoms with van der Waals surface area (Å²) in [6.45, 7) is 5.95. The third-order valence-corrected chi connectivity index (χ3v) is 2.83. The van der Waals surface area contributed by atoms with Gasteiger partial charge >= 0.3 is 64.4 Å². The molecule has 9 heavy (non-hydrogen) atoms. The first kappa shape index (κ1) is 9.26. The fourth-order valence-electron chi connectivity index (χ4n) is 0.696. The van der Waals surface area contributed by atoms with Crippen molar-refractivity contribution in [2.45, 2.75) is 37.9 Å². The molecular weight excluding hydrogens is 175 g/mol. The van der Waals surface area contributed by atoms with Crippen molar-refractivity contribution in [1.29, 1.82) is 0 Å². The van der Waals surface area contributed by atoms with E-state index in [9.17, 15) is 0 Å². The molecule has 0 N–H and O–H groups in total. The molecule has 0 amide bonds. The zero-order valence-electron chi connectivity index (χ0n) is 6.23. The Morgan fingerprint density at radius 1 is 1.33 bits per heavy atom. The summed E-state index contributed by atoms with van der Waals surface area (Å²) in [5, 5.41) is 1.40. The van der Waals surface area contributed by atoms with Crippen LogP contribution in [-0.2, 0) is 0 Å². The van der Waals surface area contributed by atoms with Crippen molar-refractivity contribution < 1.29 is 0 Å². The van der Waals surface area contributed by atoms with Crippen molar-refractivity contribution in [1.82, 2.24) is 0 Å². The van der Waals surface area contributed by atoms with Gasteiger partial charge in [0, 0.05) is 0 Å². The van der Waals surface area contributed by atoms with Crippen LogP contribution in [0.15, 0.2) is 11.6 Å². The third kappa shape index (κ3) is 8.26. The van der Waals surface area contributed by atoms with Gasteiger partial charge in [0.05, 0.1) is 0 Å². The van der Waals surface area contributed by atoms with E-state index in [4.69, 9.17) is 0 Å². The molecule has 0 unspecified atom stereocenters. The second-order valence-electron chi connectivity index (χ2n) is 2.10. The van der Waals surface area contributed by atoms with E-state index in [0.717, 1.165) is 15.0 Å². The van der Waals surface area contributed by atoms with E-state index >= 15 is 0 Å². The minimum atomic E-state index is 0.730. The van der Waals surface area contributed by atoms with E-state index in [0.29, 0.717) is 0 Å². The van der Waals surface area contributed by atoms with Gasteiger partial charge in [-0.1, -0.05) is 0 Å². The zero-order chi connectivity index (χ0) is 6.95. The van der Waals surface area contributed by atoms with Gasteiger partial charge in [-0.25, -0.2) is 0 Å².